The lowest BCUT2D eigenvalue weighted by atomic mass is 10.2. The highest BCUT2D eigenvalue weighted by molar-refractivity contribution is 5.86. The third-order valence-electron chi connectivity index (χ3n) is 3.10. The molecule has 0 radical (unpaired) electrons. The SMILES string of the molecule is CCNc1nc(NC2CCN(C)C2=O)cc(C(F)(F)F)n1. The van der Waals surface area contributed by atoms with Crippen LogP contribution in [0.25, 0.3) is 0 Å². The topological polar surface area (TPSA) is 70.2 Å². The largest absolute Gasteiger partial charge is 0.433 e. The van der Waals surface area contributed by atoms with Gasteiger partial charge in [0.2, 0.25) is 11.9 Å². The van der Waals surface area contributed by atoms with E-state index in [1.807, 2.05) is 0 Å². The molecule has 1 atom stereocenters. The summed E-state index contributed by atoms with van der Waals surface area (Å²) in [6.07, 6.45) is -4.04. The molecule has 1 aromatic rings. The van der Waals surface area contributed by atoms with Crippen molar-refractivity contribution in [1.29, 1.82) is 0 Å². The number of hydrogen-bond acceptors (Lipinski definition) is 5. The Bertz CT molecular complexity index is 534. The van der Waals surface area contributed by atoms with Gasteiger partial charge in [0.25, 0.3) is 0 Å². The van der Waals surface area contributed by atoms with Crippen molar-refractivity contribution in [2.24, 2.45) is 0 Å². The number of carbonyl (C=O) groups excluding carboxylic acids is 1. The smallest absolute Gasteiger partial charge is 0.358 e. The van der Waals surface area contributed by atoms with Gasteiger partial charge in [-0.2, -0.15) is 18.2 Å². The number of aromatic nitrogens is 2. The third kappa shape index (κ3) is 3.53. The summed E-state index contributed by atoms with van der Waals surface area (Å²) < 4.78 is 38.5. The Morgan fingerprint density at radius 2 is 2.14 bits per heavy atom. The van der Waals surface area contributed by atoms with Crippen LogP contribution in [-0.4, -0.2) is 47.0 Å². The highest BCUT2D eigenvalue weighted by atomic mass is 19.4. The summed E-state index contributed by atoms with van der Waals surface area (Å²) in [5.74, 6) is -0.289. The summed E-state index contributed by atoms with van der Waals surface area (Å²) in [6, 6.07) is 0.257. The number of nitrogens with zero attached hydrogens (tertiary/aromatic N) is 3. The van der Waals surface area contributed by atoms with Crippen molar-refractivity contribution >= 4 is 17.7 Å². The third-order valence-corrected chi connectivity index (χ3v) is 3.10. The molecule has 1 saturated heterocycles. The van der Waals surface area contributed by atoms with Crippen molar-refractivity contribution < 1.29 is 18.0 Å². The normalized spacial score (nSPS) is 19.0. The maximum atomic E-state index is 12.8. The average molecular weight is 303 g/mol. The molecule has 0 aliphatic carbocycles. The van der Waals surface area contributed by atoms with E-state index in [2.05, 4.69) is 20.6 Å². The second kappa shape index (κ2) is 5.74. The van der Waals surface area contributed by atoms with Crippen LogP contribution >= 0.6 is 0 Å². The van der Waals surface area contributed by atoms with Crippen LogP contribution in [0, 0.1) is 0 Å². The highest BCUT2D eigenvalue weighted by Crippen LogP contribution is 2.30. The van der Waals surface area contributed by atoms with Gasteiger partial charge in [-0.3, -0.25) is 4.79 Å². The van der Waals surface area contributed by atoms with Gasteiger partial charge in [0.15, 0.2) is 5.69 Å². The fraction of sp³-hybridized carbons (Fsp3) is 0.583. The van der Waals surface area contributed by atoms with E-state index in [1.165, 1.54) is 4.90 Å². The molecule has 2 heterocycles. The number of anilines is 2. The standard InChI is InChI=1S/C12H16F3N5O/c1-3-16-11-18-8(12(13,14)15)6-9(19-11)17-7-4-5-20(2)10(7)21/h6-7H,3-5H2,1-2H3,(H2,16,17,18,19). The summed E-state index contributed by atoms with van der Waals surface area (Å²) in [5.41, 5.74) is -1.05. The molecule has 1 fully saturated rings. The Kier molecular flexibility index (Phi) is 4.19. The number of likely N-dealkylation sites (tertiary alicyclic amines) is 1. The van der Waals surface area contributed by atoms with Gasteiger partial charge < -0.3 is 15.5 Å². The van der Waals surface area contributed by atoms with Crippen molar-refractivity contribution in [3.8, 4) is 0 Å². The molecular weight excluding hydrogens is 287 g/mol. The molecular formula is C12H16F3N5O. The van der Waals surface area contributed by atoms with Crippen LogP contribution in [0.4, 0.5) is 24.9 Å². The Morgan fingerprint density at radius 3 is 2.67 bits per heavy atom. The van der Waals surface area contributed by atoms with Crippen molar-refractivity contribution in [1.82, 2.24) is 14.9 Å². The lowest BCUT2D eigenvalue weighted by Gasteiger charge is -2.15. The van der Waals surface area contributed by atoms with E-state index in [4.69, 9.17) is 0 Å². The van der Waals surface area contributed by atoms with E-state index in [0.29, 0.717) is 19.5 Å². The molecule has 1 aliphatic heterocycles. The molecule has 9 heteroatoms. The minimum Gasteiger partial charge on any atom is -0.358 e. The van der Waals surface area contributed by atoms with E-state index < -0.39 is 17.9 Å². The van der Waals surface area contributed by atoms with Crippen LogP contribution in [-0.2, 0) is 11.0 Å². The van der Waals surface area contributed by atoms with Gasteiger partial charge in [0.05, 0.1) is 0 Å². The number of nitrogens with one attached hydrogen (secondary N) is 2. The van der Waals surface area contributed by atoms with Crippen molar-refractivity contribution in [3.63, 3.8) is 0 Å². The van der Waals surface area contributed by atoms with E-state index in [9.17, 15) is 18.0 Å². The van der Waals surface area contributed by atoms with Crippen LogP contribution in [0.5, 0.6) is 0 Å². The number of halogens is 3. The first-order valence-corrected chi connectivity index (χ1v) is 6.53. The van der Waals surface area contributed by atoms with E-state index in [-0.39, 0.29) is 17.7 Å². The predicted molar refractivity (Wildman–Crippen MR) is 70.9 cm³/mol. The number of likely N-dealkylation sites (N-methyl/N-ethyl adjacent to an activating group) is 1. The molecule has 1 aliphatic rings. The van der Waals surface area contributed by atoms with Crippen LogP contribution in [0.3, 0.4) is 0 Å². The molecule has 0 aromatic carbocycles. The Balaban J connectivity index is 2.26. The Labute approximate surface area is 119 Å². The molecule has 6 nitrogen and oxygen atoms in total. The minimum absolute atomic E-state index is 0.0121. The number of rotatable bonds is 4. The van der Waals surface area contributed by atoms with Crippen LogP contribution < -0.4 is 10.6 Å². The lowest BCUT2D eigenvalue weighted by molar-refractivity contribution is -0.141. The average Bonchev–Trinajstić information content (AvgIpc) is 2.70. The lowest BCUT2D eigenvalue weighted by Crippen LogP contribution is -2.31. The molecule has 2 N–H and O–H groups in total. The van der Waals surface area contributed by atoms with Crippen molar-refractivity contribution in [2.45, 2.75) is 25.6 Å². The van der Waals surface area contributed by atoms with Gasteiger partial charge in [-0.25, -0.2) is 4.98 Å². The van der Waals surface area contributed by atoms with Gasteiger partial charge in [-0.1, -0.05) is 0 Å². The van der Waals surface area contributed by atoms with Gasteiger partial charge in [-0.05, 0) is 13.3 Å². The molecule has 0 saturated carbocycles. The molecule has 0 spiro atoms. The maximum Gasteiger partial charge on any atom is 0.433 e. The fourth-order valence-corrected chi connectivity index (χ4v) is 2.04. The zero-order valence-corrected chi connectivity index (χ0v) is 11.7. The van der Waals surface area contributed by atoms with Gasteiger partial charge in [-0.15, -0.1) is 0 Å². The molecule has 2 rings (SSSR count). The number of hydrogen-bond donors (Lipinski definition) is 2. The summed E-state index contributed by atoms with van der Waals surface area (Å²) in [6.45, 7) is 2.69. The Hall–Kier alpha value is -2.06. The summed E-state index contributed by atoms with van der Waals surface area (Å²) in [7, 11) is 1.65. The van der Waals surface area contributed by atoms with E-state index in [1.54, 1.807) is 14.0 Å². The molecule has 0 bridgehead atoms. The summed E-state index contributed by atoms with van der Waals surface area (Å²) in [5, 5.41) is 5.40. The number of amides is 1. The molecule has 1 unspecified atom stereocenters. The summed E-state index contributed by atoms with van der Waals surface area (Å²) in [4.78, 5) is 20.7. The van der Waals surface area contributed by atoms with E-state index >= 15 is 0 Å². The Morgan fingerprint density at radius 1 is 1.43 bits per heavy atom. The van der Waals surface area contributed by atoms with Gasteiger partial charge in [0.1, 0.15) is 11.9 Å². The van der Waals surface area contributed by atoms with Crippen LogP contribution in [0.1, 0.15) is 19.0 Å². The molecule has 116 valence electrons. The first-order valence-electron chi connectivity index (χ1n) is 6.53. The zero-order chi connectivity index (χ0) is 15.6. The first-order chi connectivity index (χ1) is 9.81. The fourth-order valence-electron chi connectivity index (χ4n) is 2.04. The maximum absolute atomic E-state index is 12.8. The zero-order valence-electron chi connectivity index (χ0n) is 11.7. The summed E-state index contributed by atoms with van der Waals surface area (Å²) >= 11 is 0. The van der Waals surface area contributed by atoms with Crippen LogP contribution in [0.15, 0.2) is 6.07 Å². The second-order valence-electron chi connectivity index (χ2n) is 4.74. The highest BCUT2D eigenvalue weighted by Gasteiger charge is 2.35. The number of alkyl halides is 3. The molecule has 21 heavy (non-hydrogen) atoms. The predicted octanol–water partition coefficient (Wildman–Crippen LogP) is 1.57. The molecule has 1 aromatic heterocycles. The first kappa shape index (κ1) is 15.3. The quantitative estimate of drug-likeness (QED) is 0.883. The minimum atomic E-state index is -4.57. The van der Waals surface area contributed by atoms with E-state index in [0.717, 1.165) is 6.07 Å². The number of carbonyl (C=O) groups is 1. The van der Waals surface area contributed by atoms with Gasteiger partial charge >= 0.3 is 6.18 Å². The van der Waals surface area contributed by atoms with Crippen LogP contribution in [0.2, 0.25) is 0 Å². The van der Waals surface area contributed by atoms with Crippen molar-refractivity contribution in [3.05, 3.63) is 11.8 Å². The molecule has 1 amide bonds. The van der Waals surface area contributed by atoms with Gasteiger partial charge in [0, 0.05) is 26.2 Å². The second-order valence-corrected chi connectivity index (χ2v) is 4.74. The van der Waals surface area contributed by atoms with Crippen molar-refractivity contribution in [2.75, 3.05) is 30.8 Å². The monoisotopic (exact) mass is 303 g/mol.